The number of pyridine rings is 1. The van der Waals surface area contributed by atoms with Crippen LogP contribution in [0.3, 0.4) is 0 Å². The molecule has 0 amide bonds. The van der Waals surface area contributed by atoms with Crippen molar-refractivity contribution in [3.8, 4) is 11.3 Å². The van der Waals surface area contributed by atoms with E-state index in [1.807, 2.05) is 12.3 Å². The average Bonchev–Trinajstić information content (AvgIpc) is 3.09. The molecule has 1 aliphatic heterocycles. The van der Waals surface area contributed by atoms with Crippen LogP contribution in [0.25, 0.3) is 22.4 Å². The molecule has 0 fully saturated rings. The molecule has 0 unspecified atom stereocenters. The van der Waals surface area contributed by atoms with E-state index in [0.29, 0.717) is 0 Å². The van der Waals surface area contributed by atoms with Gasteiger partial charge in [-0.1, -0.05) is 66.7 Å². The zero-order valence-electron chi connectivity index (χ0n) is 15.6. The molecule has 4 aromatic rings. The first kappa shape index (κ1) is 15.4. The van der Waals surface area contributed by atoms with Gasteiger partial charge in [-0.05, 0) is 23.8 Å². The van der Waals surface area contributed by atoms with Crippen LogP contribution >= 0.6 is 0 Å². The molecule has 2 nitrogen and oxygen atoms in total. The van der Waals surface area contributed by atoms with Gasteiger partial charge in [-0.2, -0.15) is 0 Å². The van der Waals surface area contributed by atoms with Crippen LogP contribution in [0.5, 0.6) is 0 Å². The lowest BCUT2D eigenvalue weighted by atomic mass is 9.84. The fraction of sp³-hybridized carbons (Fsp3) is 0.0385. The Morgan fingerprint density at radius 2 is 1.04 bits per heavy atom. The van der Waals surface area contributed by atoms with Crippen LogP contribution in [0.4, 0.5) is 11.4 Å². The summed E-state index contributed by atoms with van der Waals surface area (Å²) in [6, 6.07) is 30.2. The standard InChI is InChI=1S/C26H18N2/c1-28-22-14-6-4-11-19(22)25(20-12-5-7-15-23(20)28)24-17-9-2-3-10-18(17)26-21(24)13-8-16-27-26/h2-16H,1H3. The lowest BCUT2D eigenvalue weighted by Gasteiger charge is -2.33. The van der Waals surface area contributed by atoms with Gasteiger partial charge < -0.3 is 4.90 Å². The number of anilines is 2. The zero-order valence-corrected chi connectivity index (χ0v) is 15.6. The molecule has 1 aromatic heterocycles. The minimum Gasteiger partial charge on any atom is -0.344 e. The van der Waals surface area contributed by atoms with E-state index < -0.39 is 0 Å². The van der Waals surface area contributed by atoms with Crippen molar-refractivity contribution in [2.75, 3.05) is 11.9 Å². The summed E-state index contributed by atoms with van der Waals surface area (Å²) in [5, 5.41) is 0. The largest absolute Gasteiger partial charge is 0.344 e. The van der Waals surface area contributed by atoms with Crippen molar-refractivity contribution in [3.63, 3.8) is 0 Å². The van der Waals surface area contributed by atoms with Crippen molar-refractivity contribution >= 4 is 22.5 Å². The number of aromatic nitrogens is 1. The van der Waals surface area contributed by atoms with E-state index >= 15 is 0 Å². The molecule has 6 rings (SSSR count). The SMILES string of the molecule is CN1c2ccccc2C(=C2c3ccccc3-c3ncccc32)c2ccccc21. The summed E-state index contributed by atoms with van der Waals surface area (Å²) >= 11 is 0. The molecule has 3 aromatic carbocycles. The van der Waals surface area contributed by atoms with Gasteiger partial charge in [0.25, 0.3) is 0 Å². The third-order valence-electron chi connectivity index (χ3n) is 5.85. The van der Waals surface area contributed by atoms with Crippen molar-refractivity contribution in [2.24, 2.45) is 0 Å². The molecular formula is C26H18N2. The molecule has 0 N–H and O–H groups in total. The zero-order chi connectivity index (χ0) is 18.7. The quantitative estimate of drug-likeness (QED) is 0.330. The van der Waals surface area contributed by atoms with Crippen molar-refractivity contribution in [1.29, 1.82) is 0 Å². The molecule has 132 valence electrons. The van der Waals surface area contributed by atoms with E-state index in [9.17, 15) is 0 Å². The fourth-order valence-corrected chi connectivity index (χ4v) is 4.64. The van der Waals surface area contributed by atoms with Crippen LogP contribution in [0.2, 0.25) is 0 Å². The van der Waals surface area contributed by atoms with Crippen LogP contribution < -0.4 is 4.90 Å². The highest BCUT2D eigenvalue weighted by Crippen LogP contribution is 2.52. The van der Waals surface area contributed by atoms with Gasteiger partial charge in [-0.15, -0.1) is 0 Å². The molecule has 0 spiro atoms. The van der Waals surface area contributed by atoms with Gasteiger partial charge in [0.15, 0.2) is 0 Å². The van der Waals surface area contributed by atoms with Gasteiger partial charge in [0.2, 0.25) is 0 Å². The minimum atomic E-state index is 1.08. The summed E-state index contributed by atoms with van der Waals surface area (Å²) in [7, 11) is 2.15. The van der Waals surface area contributed by atoms with Crippen LogP contribution in [-0.4, -0.2) is 12.0 Å². The number of nitrogens with zero attached hydrogens (tertiary/aromatic N) is 2. The molecule has 1 aliphatic carbocycles. The van der Waals surface area contributed by atoms with Gasteiger partial charge in [-0.3, -0.25) is 4.98 Å². The topological polar surface area (TPSA) is 16.1 Å². The first-order valence-corrected chi connectivity index (χ1v) is 9.56. The normalized spacial score (nSPS) is 13.7. The Morgan fingerprint density at radius 1 is 0.536 bits per heavy atom. The Kier molecular flexibility index (Phi) is 3.12. The molecule has 2 aliphatic rings. The Balaban J connectivity index is 1.81. The summed E-state index contributed by atoms with van der Waals surface area (Å²) in [6.45, 7) is 0. The Labute approximate surface area is 164 Å². The van der Waals surface area contributed by atoms with Crippen LogP contribution in [0.15, 0.2) is 91.1 Å². The second kappa shape index (κ2) is 5.67. The average molecular weight is 358 g/mol. The number of benzene rings is 3. The highest BCUT2D eigenvalue weighted by atomic mass is 15.1. The van der Waals surface area contributed by atoms with Crippen LogP contribution in [0, 0.1) is 0 Å². The lowest BCUT2D eigenvalue weighted by molar-refractivity contribution is 1.17. The van der Waals surface area contributed by atoms with Crippen LogP contribution in [0.1, 0.15) is 22.3 Å². The Bertz CT molecular complexity index is 1190. The van der Waals surface area contributed by atoms with Crippen LogP contribution in [-0.2, 0) is 0 Å². The summed E-state index contributed by atoms with van der Waals surface area (Å²) in [4.78, 5) is 7.02. The van der Waals surface area contributed by atoms with E-state index in [4.69, 9.17) is 4.98 Å². The molecule has 2 heteroatoms. The Hall–Kier alpha value is -3.65. The summed E-state index contributed by atoms with van der Waals surface area (Å²) in [5.41, 5.74) is 12.4. The van der Waals surface area contributed by atoms with Gasteiger partial charge >= 0.3 is 0 Å². The maximum Gasteiger partial charge on any atom is 0.0786 e. The maximum atomic E-state index is 4.73. The fourth-order valence-electron chi connectivity index (χ4n) is 4.64. The summed E-state index contributed by atoms with van der Waals surface area (Å²) in [6.07, 6.45) is 1.89. The number of para-hydroxylation sites is 2. The summed E-state index contributed by atoms with van der Waals surface area (Å²) in [5.74, 6) is 0. The third-order valence-corrected chi connectivity index (χ3v) is 5.85. The van der Waals surface area contributed by atoms with Crippen molar-refractivity contribution in [3.05, 3.63) is 113 Å². The molecule has 2 heterocycles. The van der Waals surface area contributed by atoms with E-state index in [1.54, 1.807) is 0 Å². The molecule has 0 saturated carbocycles. The Morgan fingerprint density at radius 3 is 1.71 bits per heavy atom. The second-order valence-corrected chi connectivity index (χ2v) is 7.29. The maximum absolute atomic E-state index is 4.73. The first-order valence-electron chi connectivity index (χ1n) is 9.56. The molecule has 0 saturated heterocycles. The van der Waals surface area contributed by atoms with Crippen molar-refractivity contribution < 1.29 is 0 Å². The van der Waals surface area contributed by atoms with Gasteiger partial charge in [-0.25, -0.2) is 0 Å². The van der Waals surface area contributed by atoms with Gasteiger partial charge in [0.05, 0.1) is 5.69 Å². The van der Waals surface area contributed by atoms with Crippen molar-refractivity contribution in [2.45, 2.75) is 0 Å². The lowest BCUT2D eigenvalue weighted by Crippen LogP contribution is -2.18. The van der Waals surface area contributed by atoms with Crippen molar-refractivity contribution in [1.82, 2.24) is 4.98 Å². The predicted octanol–water partition coefficient (Wildman–Crippen LogP) is 6.15. The molecule has 0 radical (unpaired) electrons. The molecular weight excluding hydrogens is 340 g/mol. The number of fused-ring (bicyclic) bond motifs is 5. The van der Waals surface area contributed by atoms with E-state index in [1.165, 1.54) is 50.3 Å². The second-order valence-electron chi connectivity index (χ2n) is 7.29. The minimum absolute atomic E-state index is 1.08. The number of rotatable bonds is 0. The number of hydrogen-bond donors (Lipinski definition) is 0. The van der Waals surface area contributed by atoms with Gasteiger partial charge in [0.1, 0.15) is 0 Å². The highest BCUT2D eigenvalue weighted by Gasteiger charge is 2.32. The van der Waals surface area contributed by atoms with E-state index in [-0.39, 0.29) is 0 Å². The third kappa shape index (κ3) is 1.95. The molecule has 0 atom stereocenters. The predicted molar refractivity (Wildman–Crippen MR) is 116 cm³/mol. The first-order chi connectivity index (χ1) is 13.8. The van der Waals surface area contributed by atoms with Gasteiger partial charge in [0, 0.05) is 58.0 Å². The highest BCUT2D eigenvalue weighted by molar-refractivity contribution is 6.16. The molecule has 28 heavy (non-hydrogen) atoms. The van der Waals surface area contributed by atoms with E-state index in [0.717, 1.165) is 5.69 Å². The smallest absolute Gasteiger partial charge is 0.0786 e. The monoisotopic (exact) mass is 358 g/mol. The summed E-state index contributed by atoms with van der Waals surface area (Å²) < 4.78 is 0. The van der Waals surface area contributed by atoms with E-state index in [2.05, 4.69) is 90.8 Å². The number of hydrogen-bond acceptors (Lipinski definition) is 2. The molecule has 0 bridgehead atoms.